The SMILES string of the molecule is CCNCc1c(F)cccc1N(Cc1ccco1)C1CC1. The zero-order valence-electron chi connectivity index (χ0n) is 12.3. The van der Waals surface area contributed by atoms with Gasteiger partial charge in [-0.25, -0.2) is 4.39 Å². The third-order valence-electron chi connectivity index (χ3n) is 3.85. The number of nitrogens with zero attached hydrogens (tertiary/aromatic N) is 1. The topological polar surface area (TPSA) is 28.4 Å². The maximum Gasteiger partial charge on any atom is 0.129 e. The van der Waals surface area contributed by atoms with Gasteiger partial charge in [-0.3, -0.25) is 0 Å². The maximum absolute atomic E-state index is 14.2. The van der Waals surface area contributed by atoms with E-state index in [0.29, 0.717) is 19.1 Å². The standard InChI is InChI=1S/C17H21FN2O/c1-2-19-11-15-16(18)6-3-7-17(15)20(13-8-9-13)12-14-5-4-10-21-14/h3-7,10,13,19H,2,8-9,11-12H2,1H3. The number of benzene rings is 1. The lowest BCUT2D eigenvalue weighted by Crippen LogP contribution is -2.27. The van der Waals surface area contributed by atoms with E-state index in [1.165, 1.54) is 6.07 Å². The van der Waals surface area contributed by atoms with Crippen LogP contribution in [0.1, 0.15) is 31.1 Å². The molecular formula is C17H21FN2O. The predicted octanol–water partition coefficient (Wildman–Crippen LogP) is 3.70. The Kier molecular flexibility index (Phi) is 4.25. The van der Waals surface area contributed by atoms with Crippen molar-refractivity contribution < 1.29 is 8.81 Å². The van der Waals surface area contributed by atoms with E-state index < -0.39 is 0 Å². The molecule has 21 heavy (non-hydrogen) atoms. The van der Waals surface area contributed by atoms with Crippen LogP contribution in [0.3, 0.4) is 0 Å². The minimum atomic E-state index is -0.140. The largest absolute Gasteiger partial charge is 0.467 e. The first-order valence-electron chi connectivity index (χ1n) is 7.56. The lowest BCUT2D eigenvalue weighted by Gasteiger charge is -2.26. The Labute approximate surface area is 124 Å². The van der Waals surface area contributed by atoms with Gasteiger partial charge in [0, 0.05) is 23.8 Å². The van der Waals surface area contributed by atoms with Crippen LogP contribution < -0.4 is 10.2 Å². The first-order valence-corrected chi connectivity index (χ1v) is 7.56. The fourth-order valence-corrected chi connectivity index (χ4v) is 2.61. The van der Waals surface area contributed by atoms with Gasteiger partial charge in [0.05, 0.1) is 12.8 Å². The maximum atomic E-state index is 14.2. The highest BCUT2D eigenvalue weighted by atomic mass is 19.1. The van der Waals surface area contributed by atoms with E-state index in [2.05, 4.69) is 10.2 Å². The van der Waals surface area contributed by atoms with Crippen molar-refractivity contribution in [2.24, 2.45) is 0 Å². The molecular weight excluding hydrogens is 267 g/mol. The number of rotatable bonds is 7. The van der Waals surface area contributed by atoms with E-state index in [0.717, 1.165) is 36.4 Å². The molecule has 3 rings (SSSR count). The fraction of sp³-hybridized carbons (Fsp3) is 0.412. The summed E-state index contributed by atoms with van der Waals surface area (Å²) in [5, 5.41) is 3.23. The second-order valence-electron chi connectivity index (χ2n) is 5.46. The molecule has 0 atom stereocenters. The van der Waals surface area contributed by atoms with Crippen molar-refractivity contribution in [3.8, 4) is 0 Å². The third-order valence-corrected chi connectivity index (χ3v) is 3.85. The van der Waals surface area contributed by atoms with Crippen molar-refractivity contribution in [3.05, 3.63) is 53.7 Å². The molecule has 1 heterocycles. The lowest BCUT2D eigenvalue weighted by molar-refractivity contribution is 0.500. The Hall–Kier alpha value is -1.81. The molecule has 0 amide bonds. The molecule has 0 unspecified atom stereocenters. The summed E-state index contributed by atoms with van der Waals surface area (Å²) in [6, 6.07) is 9.70. The Bertz CT molecular complexity index is 578. The molecule has 0 aliphatic heterocycles. The Morgan fingerprint density at radius 2 is 2.14 bits per heavy atom. The minimum absolute atomic E-state index is 0.140. The van der Waals surface area contributed by atoms with Crippen LogP contribution in [0.4, 0.5) is 10.1 Å². The monoisotopic (exact) mass is 288 g/mol. The van der Waals surface area contributed by atoms with Crippen LogP contribution in [0.5, 0.6) is 0 Å². The van der Waals surface area contributed by atoms with Crippen molar-refractivity contribution >= 4 is 5.69 Å². The van der Waals surface area contributed by atoms with E-state index >= 15 is 0 Å². The summed E-state index contributed by atoms with van der Waals surface area (Å²) < 4.78 is 19.7. The van der Waals surface area contributed by atoms with Gasteiger partial charge in [0.25, 0.3) is 0 Å². The normalized spacial score (nSPS) is 14.4. The van der Waals surface area contributed by atoms with E-state index in [9.17, 15) is 4.39 Å². The average molecular weight is 288 g/mol. The van der Waals surface area contributed by atoms with Crippen molar-refractivity contribution in [3.63, 3.8) is 0 Å². The summed E-state index contributed by atoms with van der Waals surface area (Å²) in [7, 11) is 0. The van der Waals surface area contributed by atoms with Crippen LogP contribution in [0.15, 0.2) is 41.0 Å². The summed E-state index contributed by atoms with van der Waals surface area (Å²) >= 11 is 0. The molecule has 1 aliphatic rings. The molecule has 4 heteroatoms. The first kappa shape index (κ1) is 14.1. The molecule has 1 aliphatic carbocycles. The fourth-order valence-electron chi connectivity index (χ4n) is 2.61. The minimum Gasteiger partial charge on any atom is -0.467 e. The summed E-state index contributed by atoms with van der Waals surface area (Å²) in [4.78, 5) is 2.27. The van der Waals surface area contributed by atoms with Gasteiger partial charge < -0.3 is 14.6 Å². The molecule has 1 aromatic heterocycles. The van der Waals surface area contributed by atoms with Crippen molar-refractivity contribution in [1.29, 1.82) is 0 Å². The van der Waals surface area contributed by atoms with Crippen LogP contribution in [-0.4, -0.2) is 12.6 Å². The Morgan fingerprint density at radius 1 is 1.29 bits per heavy atom. The molecule has 112 valence electrons. The summed E-state index contributed by atoms with van der Waals surface area (Å²) in [6.07, 6.45) is 4.02. The van der Waals surface area contributed by atoms with E-state index in [-0.39, 0.29) is 5.82 Å². The van der Waals surface area contributed by atoms with Crippen molar-refractivity contribution in [2.45, 2.75) is 38.9 Å². The van der Waals surface area contributed by atoms with E-state index in [1.807, 2.05) is 25.1 Å². The van der Waals surface area contributed by atoms with Crippen LogP contribution in [0, 0.1) is 5.82 Å². The van der Waals surface area contributed by atoms with Crippen LogP contribution in [0.2, 0.25) is 0 Å². The van der Waals surface area contributed by atoms with Gasteiger partial charge >= 0.3 is 0 Å². The zero-order valence-corrected chi connectivity index (χ0v) is 12.3. The van der Waals surface area contributed by atoms with Gasteiger partial charge in [-0.05, 0) is 43.7 Å². The number of anilines is 1. The highest BCUT2D eigenvalue weighted by Crippen LogP contribution is 2.35. The zero-order chi connectivity index (χ0) is 14.7. The molecule has 1 N–H and O–H groups in total. The number of hydrogen-bond acceptors (Lipinski definition) is 3. The summed E-state index contributed by atoms with van der Waals surface area (Å²) in [5.41, 5.74) is 1.73. The van der Waals surface area contributed by atoms with Crippen LogP contribution in [0.25, 0.3) is 0 Å². The van der Waals surface area contributed by atoms with Crippen LogP contribution in [-0.2, 0) is 13.1 Å². The highest BCUT2D eigenvalue weighted by Gasteiger charge is 2.31. The molecule has 3 nitrogen and oxygen atoms in total. The molecule has 1 saturated carbocycles. The first-order chi connectivity index (χ1) is 10.3. The van der Waals surface area contributed by atoms with Gasteiger partial charge in [-0.1, -0.05) is 13.0 Å². The smallest absolute Gasteiger partial charge is 0.129 e. The molecule has 0 spiro atoms. The van der Waals surface area contributed by atoms with Gasteiger partial charge in [0.2, 0.25) is 0 Å². The quantitative estimate of drug-likeness (QED) is 0.842. The second-order valence-corrected chi connectivity index (χ2v) is 5.46. The van der Waals surface area contributed by atoms with E-state index in [1.54, 1.807) is 12.3 Å². The number of halogens is 1. The van der Waals surface area contributed by atoms with E-state index in [4.69, 9.17) is 4.42 Å². The molecule has 1 aromatic carbocycles. The lowest BCUT2D eigenvalue weighted by atomic mass is 10.1. The van der Waals surface area contributed by atoms with Gasteiger partial charge in [0.1, 0.15) is 11.6 Å². The molecule has 0 saturated heterocycles. The average Bonchev–Trinajstić information content (AvgIpc) is 3.20. The summed E-state index contributed by atoms with van der Waals surface area (Å²) in [6.45, 7) is 4.11. The number of hydrogen-bond donors (Lipinski definition) is 1. The van der Waals surface area contributed by atoms with Crippen molar-refractivity contribution in [2.75, 3.05) is 11.4 Å². The molecule has 2 aromatic rings. The van der Waals surface area contributed by atoms with Crippen LogP contribution >= 0.6 is 0 Å². The molecule has 0 bridgehead atoms. The Morgan fingerprint density at radius 3 is 2.81 bits per heavy atom. The summed E-state index contributed by atoms with van der Waals surface area (Å²) in [5.74, 6) is 0.777. The predicted molar refractivity (Wildman–Crippen MR) is 81.7 cm³/mol. The third kappa shape index (κ3) is 3.27. The van der Waals surface area contributed by atoms with Gasteiger partial charge in [0.15, 0.2) is 0 Å². The number of nitrogens with one attached hydrogen (secondary N) is 1. The van der Waals surface area contributed by atoms with Crippen molar-refractivity contribution in [1.82, 2.24) is 5.32 Å². The van der Waals surface area contributed by atoms with Gasteiger partial charge in [-0.2, -0.15) is 0 Å². The second kappa shape index (κ2) is 6.31. The highest BCUT2D eigenvalue weighted by molar-refractivity contribution is 5.56. The van der Waals surface area contributed by atoms with Gasteiger partial charge in [-0.15, -0.1) is 0 Å². The Balaban J connectivity index is 1.89. The molecule has 1 fully saturated rings. The number of furan rings is 1. The molecule has 0 radical (unpaired) electrons.